The summed E-state index contributed by atoms with van der Waals surface area (Å²) in [5, 5.41) is 0. The smallest absolute Gasteiger partial charge is 0.306 e. The Labute approximate surface area is 480 Å². The Morgan fingerprint density at radius 3 is 0.859 bits per heavy atom. The molecule has 6 heteroatoms. The van der Waals surface area contributed by atoms with Gasteiger partial charge in [0.2, 0.25) is 0 Å². The average molecular weight is 1080 g/mol. The molecule has 0 N–H and O–H groups in total. The number of rotatable bonds is 55. The molecule has 0 aromatic carbocycles. The van der Waals surface area contributed by atoms with E-state index in [4.69, 9.17) is 14.2 Å². The molecule has 6 nitrogen and oxygen atoms in total. The Hall–Kier alpha value is -4.97. The van der Waals surface area contributed by atoms with Crippen LogP contribution in [0.3, 0.4) is 0 Å². The molecule has 78 heavy (non-hydrogen) atoms. The summed E-state index contributed by atoms with van der Waals surface area (Å²) < 4.78 is 16.8. The minimum atomic E-state index is -0.824. The number of ether oxygens (including phenoxy) is 3. The molecule has 438 valence electrons. The molecule has 0 amide bonds. The molecule has 0 aliphatic heterocycles. The first-order chi connectivity index (χ1) is 38.5. The maximum atomic E-state index is 12.9. The second kappa shape index (κ2) is 64.6. The third kappa shape index (κ3) is 61.9. The molecule has 0 fully saturated rings. The molecule has 0 aliphatic rings. The maximum Gasteiger partial charge on any atom is 0.306 e. The third-order valence-corrected chi connectivity index (χ3v) is 12.8. The van der Waals surface area contributed by atoms with E-state index < -0.39 is 6.10 Å². The van der Waals surface area contributed by atoms with E-state index >= 15 is 0 Å². The van der Waals surface area contributed by atoms with Crippen LogP contribution in [-0.4, -0.2) is 37.2 Å². The number of hydrogen-bond acceptors (Lipinski definition) is 6. The lowest BCUT2D eigenvalue weighted by molar-refractivity contribution is -0.166. The third-order valence-electron chi connectivity index (χ3n) is 12.8. The van der Waals surface area contributed by atoms with Gasteiger partial charge in [0.05, 0.1) is 0 Å². The van der Waals surface area contributed by atoms with Gasteiger partial charge in [-0.2, -0.15) is 0 Å². The Bertz CT molecular complexity index is 1760. The fourth-order valence-corrected chi connectivity index (χ4v) is 8.11. The summed E-state index contributed by atoms with van der Waals surface area (Å²) in [6.07, 6.45) is 94.1. The normalized spacial score (nSPS) is 13.2. The van der Waals surface area contributed by atoms with Crippen LogP contribution in [0.25, 0.3) is 0 Å². The fourth-order valence-electron chi connectivity index (χ4n) is 8.11. The van der Waals surface area contributed by atoms with Crippen molar-refractivity contribution in [2.75, 3.05) is 13.2 Å². The fraction of sp³-hybridized carbons (Fsp3) is 0.597. The lowest BCUT2D eigenvalue weighted by Crippen LogP contribution is -2.30. The van der Waals surface area contributed by atoms with Crippen LogP contribution < -0.4 is 0 Å². The van der Waals surface area contributed by atoms with E-state index in [0.29, 0.717) is 19.3 Å². The summed E-state index contributed by atoms with van der Waals surface area (Å²) in [5.74, 6) is -1.02. The number of carbonyl (C=O) groups is 3. The van der Waals surface area contributed by atoms with Gasteiger partial charge in [0.1, 0.15) is 13.2 Å². The van der Waals surface area contributed by atoms with Crippen molar-refractivity contribution >= 4 is 17.9 Å². The van der Waals surface area contributed by atoms with E-state index in [0.717, 1.165) is 141 Å². The number of hydrogen-bond donors (Lipinski definition) is 0. The molecule has 0 heterocycles. The zero-order valence-electron chi connectivity index (χ0n) is 50.1. The lowest BCUT2D eigenvalue weighted by Gasteiger charge is -2.18. The molecular formula is C72H114O6. The van der Waals surface area contributed by atoms with Gasteiger partial charge in [-0.05, 0) is 135 Å². The van der Waals surface area contributed by atoms with Gasteiger partial charge in [-0.15, -0.1) is 0 Å². The van der Waals surface area contributed by atoms with Crippen molar-refractivity contribution in [2.45, 2.75) is 264 Å². The van der Waals surface area contributed by atoms with Crippen LogP contribution in [0.15, 0.2) is 158 Å². The van der Waals surface area contributed by atoms with Crippen molar-refractivity contribution in [1.82, 2.24) is 0 Å². The van der Waals surface area contributed by atoms with E-state index in [1.54, 1.807) is 0 Å². The Kier molecular flexibility index (Phi) is 60.4. The first kappa shape index (κ1) is 73.0. The molecule has 1 unspecified atom stereocenters. The Morgan fingerprint density at radius 2 is 0.526 bits per heavy atom. The van der Waals surface area contributed by atoms with Crippen molar-refractivity contribution in [3.63, 3.8) is 0 Å². The van der Waals surface area contributed by atoms with E-state index in [1.807, 2.05) is 12.2 Å². The number of esters is 3. The van der Waals surface area contributed by atoms with Crippen LogP contribution in [-0.2, 0) is 28.6 Å². The number of allylic oxidation sites excluding steroid dienone is 26. The SMILES string of the molecule is CC/C=C\C/C=C\C/C=C\C/C=C\C/C=C\C/C=C\C/C=C\CCCCCCCCCCCC(=O)OCC(COC(=O)CC/C=C\C/C=C\C/C=C\C/C=C\CC)OC(=O)CCCCCCC/C=C\C/C=C\CCCCCC. The van der Waals surface area contributed by atoms with Gasteiger partial charge in [-0.1, -0.05) is 262 Å². The van der Waals surface area contributed by atoms with Crippen LogP contribution in [0.1, 0.15) is 258 Å². The molecular weight excluding hydrogens is 961 g/mol. The first-order valence-electron chi connectivity index (χ1n) is 31.5. The van der Waals surface area contributed by atoms with Gasteiger partial charge in [0, 0.05) is 19.3 Å². The van der Waals surface area contributed by atoms with E-state index in [-0.39, 0.29) is 37.5 Å². The van der Waals surface area contributed by atoms with Gasteiger partial charge in [-0.25, -0.2) is 0 Å². The Morgan fingerprint density at radius 1 is 0.269 bits per heavy atom. The highest BCUT2D eigenvalue weighted by Gasteiger charge is 2.19. The van der Waals surface area contributed by atoms with Crippen molar-refractivity contribution in [2.24, 2.45) is 0 Å². The van der Waals surface area contributed by atoms with E-state index in [2.05, 4.69) is 167 Å². The highest BCUT2D eigenvalue weighted by atomic mass is 16.6. The molecule has 0 aromatic rings. The number of unbranched alkanes of at least 4 members (excludes halogenated alkanes) is 18. The van der Waals surface area contributed by atoms with Gasteiger partial charge in [0.15, 0.2) is 6.10 Å². The largest absolute Gasteiger partial charge is 0.462 e. The van der Waals surface area contributed by atoms with E-state index in [1.165, 1.54) is 70.6 Å². The van der Waals surface area contributed by atoms with Crippen molar-refractivity contribution in [3.8, 4) is 0 Å². The van der Waals surface area contributed by atoms with Gasteiger partial charge < -0.3 is 14.2 Å². The standard InChI is InChI=1S/C72H114O6/c1-4-7-10-13-16-19-22-25-27-29-30-31-32-33-34-35-36-37-38-39-40-41-42-43-45-47-50-53-56-59-62-65-71(74)77-68-69(67-76-70(73)64-61-58-55-52-49-46-24-21-18-15-12-9-6-3)78-72(75)66-63-60-57-54-51-48-44-28-26-23-20-17-14-11-8-5-2/h7,9-10,12,16,18-21,23,25,27-28,30-31,33-34,36-37,39-40,44,46,49,55,58,69H,4-6,8,11,13-15,17,22,24,26,29,32,35,38,41-43,45,47-48,50-54,56-57,59-68H2,1-3H3/b10-7-,12-9-,19-16-,21-18-,23-20-,27-25-,31-30-,34-33-,37-36-,40-39-,44-28-,49-46-,58-55-. The van der Waals surface area contributed by atoms with Crippen LogP contribution >= 0.6 is 0 Å². The highest BCUT2D eigenvalue weighted by Crippen LogP contribution is 2.14. The predicted molar refractivity (Wildman–Crippen MR) is 338 cm³/mol. The molecule has 0 aliphatic carbocycles. The molecule has 0 saturated heterocycles. The van der Waals surface area contributed by atoms with Crippen molar-refractivity contribution < 1.29 is 28.6 Å². The van der Waals surface area contributed by atoms with E-state index in [9.17, 15) is 14.4 Å². The minimum absolute atomic E-state index is 0.115. The van der Waals surface area contributed by atoms with Crippen molar-refractivity contribution in [3.05, 3.63) is 158 Å². The first-order valence-corrected chi connectivity index (χ1v) is 31.5. The summed E-state index contributed by atoms with van der Waals surface area (Å²) in [6, 6.07) is 0. The maximum absolute atomic E-state index is 12.9. The van der Waals surface area contributed by atoms with Crippen molar-refractivity contribution in [1.29, 1.82) is 0 Å². The summed E-state index contributed by atoms with van der Waals surface area (Å²) >= 11 is 0. The number of carbonyl (C=O) groups excluding carboxylic acids is 3. The van der Waals surface area contributed by atoms with Crippen LogP contribution in [0.5, 0.6) is 0 Å². The van der Waals surface area contributed by atoms with Crippen LogP contribution in [0, 0.1) is 0 Å². The highest BCUT2D eigenvalue weighted by molar-refractivity contribution is 5.71. The zero-order chi connectivity index (χ0) is 56.4. The summed E-state index contributed by atoms with van der Waals surface area (Å²) in [5.41, 5.74) is 0. The molecule has 0 bridgehead atoms. The molecule has 1 atom stereocenters. The summed E-state index contributed by atoms with van der Waals surface area (Å²) in [7, 11) is 0. The topological polar surface area (TPSA) is 78.9 Å². The lowest BCUT2D eigenvalue weighted by atomic mass is 10.1. The molecule has 0 aromatic heterocycles. The molecule has 0 saturated carbocycles. The molecule has 0 spiro atoms. The van der Waals surface area contributed by atoms with Crippen LogP contribution in [0.4, 0.5) is 0 Å². The molecule has 0 radical (unpaired) electrons. The van der Waals surface area contributed by atoms with Gasteiger partial charge >= 0.3 is 17.9 Å². The Balaban J connectivity index is 4.36. The van der Waals surface area contributed by atoms with Gasteiger partial charge in [-0.3, -0.25) is 14.4 Å². The minimum Gasteiger partial charge on any atom is -0.462 e. The molecule has 0 rings (SSSR count). The summed E-state index contributed by atoms with van der Waals surface area (Å²) in [6.45, 7) is 6.30. The quantitative estimate of drug-likeness (QED) is 0.0261. The van der Waals surface area contributed by atoms with Gasteiger partial charge in [0.25, 0.3) is 0 Å². The average Bonchev–Trinajstić information content (AvgIpc) is 3.44. The second-order valence-electron chi connectivity index (χ2n) is 20.2. The van der Waals surface area contributed by atoms with Crippen LogP contribution in [0.2, 0.25) is 0 Å². The predicted octanol–water partition coefficient (Wildman–Crippen LogP) is 21.7. The monoisotopic (exact) mass is 1070 g/mol. The second-order valence-corrected chi connectivity index (χ2v) is 20.2. The zero-order valence-corrected chi connectivity index (χ0v) is 50.1. The summed E-state index contributed by atoms with van der Waals surface area (Å²) in [4.78, 5) is 38.2.